The van der Waals surface area contributed by atoms with Gasteiger partial charge in [0.05, 0.1) is 0 Å². The summed E-state index contributed by atoms with van der Waals surface area (Å²) >= 11 is 0. The fourth-order valence-electron chi connectivity index (χ4n) is 1.56. The molecule has 1 aromatic rings. The molecule has 0 aliphatic carbocycles. The molecule has 7 nitrogen and oxygen atoms in total. The van der Waals surface area contributed by atoms with Crippen LogP contribution in [0.5, 0.6) is 11.5 Å². The molecule has 1 aromatic carbocycles. The van der Waals surface area contributed by atoms with Gasteiger partial charge in [-0.3, -0.25) is 15.7 Å². The van der Waals surface area contributed by atoms with Crippen LogP contribution in [0.1, 0.15) is 0 Å². The average molecular weight is 249 g/mol. The van der Waals surface area contributed by atoms with E-state index < -0.39 is 0 Å². The maximum absolute atomic E-state index is 7.92. The van der Waals surface area contributed by atoms with E-state index in [-0.39, 0.29) is 18.7 Å². The number of ether oxygens (including phenoxy) is 2. The molecule has 0 amide bonds. The molecule has 4 N–H and O–H groups in total. The van der Waals surface area contributed by atoms with Crippen LogP contribution < -0.4 is 20.1 Å². The topological polar surface area (TPSA) is 98.7 Å². The highest BCUT2D eigenvalue weighted by molar-refractivity contribution is 6.03. The fraction of sp³-hybridized carbons (Fsp3) is 0.273. The second kappa shape index (κ2) is 4.44. The summed E-state index contributed by atoms with van der Waals surface area (Å²) in [6.07, 6.45) is 0. The molecule has 0 fully saturated rings. The maximum atomic E-state index is 7.92. The van der Waals surface area contributed by atoms with Gasteiger partial charge in [0, 0.05) is 25.8 Å². The number of guanidine groups is 2. The van der Waals surface area contributed by atoms with Crippen LogP contribution in [0, 0.1) is 10.8 Å². The third kappa shape index (κ3) is 2.02. The second-order valence-corrected chi connectivity index (χ2v) is 3.86. The molecular weight excluding hydrogens is 234 g/mol. The number of fused-ring (bicyclic) bond motifs is 1. The van der Waals surface area contributed by atoms with Crippen molar-refractivity contribution in [3.8, 4) is 11.5 Å². The zero-order valence-corrected chi connectivity index (χ0v) is 10.2. The van der Waals surface area contributed by atoms with E-state index in [0.29, 0.717) is 11.5 Å². The molecule has 7 heteroatoms. The summed E-state index contributed by atoms with van der Waals surface area (Å²) in [5, 5.41) is 15.2. The van der Waals surface area contributed by atoms with E-state index in [9.17, 15) is 0 Å². The molecule has 1 aliphatic heterocycles. The van der Waals surface area contributed by atoms with Gasteiger partial charge in [-0.1, -0.05) is 0 Å². The minimum absolute atomic E-state index is 0.0985. The number of nitrogens with one attached hydrogen (secondary N) is 2. The lowest BCUT2D eigenvalue weighted by atomic mass is 10.2. The molecule has 18 heavy (non-hydrogen) atoms. The minimum Gasteiger partial charge on any atom is -0.454 e. The van der Waals surface area contributed by atoms with Gasteiger partial charge in [-0.25, -0.2) is 0 Å². The van der Waals surface area contributed by atoms with E-state index in [1.807, 2.05) is 6.07 Å². The largest absolute Gasteiger partial charge is 0.454 e. The van der Waals surface area contributed by atoms with Crippen molar-refractivity contribution in [3.05, 3.63) is 18.2 Å². The molecule has 0 spiro atoms. The van der Waals surface area contributed by atoms with Gasteiger partial charge in [0.2, 0.25) is 12.8 Å². The highest BCUT2D eigenvalue weighted by atomic mass is 16.7. The van der Waals surface area contributed by atoms with E-state index >= 15 is 0 Å². The normalized spacial score (nSPS) is 12.1. The molecule has 1 aliphatic rings. The Bertz CT molecular complexity index is 502. The summed E-state index contributed by atoms with van der Waals surface area (Å²) in [6, 6.07) is 5.39. The zero-order chi connectivity index (χ0) is 13.3. The summed E-state index contributed by atoms with van der Waals surface area (Å²) in [7, 11) is 3.29. The maximum Gasteiger partial charge on any atom is 0.231 e. The molecular formula is C11H15N5O2. The lowest BCUT2D eigenvalue weighted by Crippen LogP contribution is -2.45. The second-order valence-electron chi connectivity index (χ2n) is 3.86. The van der Waals surface area contributed by atoms with Crippen molar-refractivity contribution in [2.75, 3.05) is 25.8 Å². The van der Waals surface area contributed by atoms with Crippen molar-refractivity contribution >= 4 is 17.6 Å². The Labute approximate surface area is 105 Å². The highest BCUT2D eigenvalue weighted by Gasteiger charge is 2.18. The van der Waals surface area contributed by atoms with Gasteiger partial charge in [0.1, 0.15) is 0 Å². The molecule has 0 unspecified atom stereocenters. The Morgan fingerprint density at radius 2 is 1.89 bits per heavy atom. The summed E-state index contributed by atoms with van der Waals surface area (Å²) in [5.74, 6) is 1.25. The van der Waals surface area contributed by atoms with Crippen molar-refractivity contribution in [2.45, 2.75) is 0 Å². The smallest absolute Gasteiger partial charge is 0.231 e. The van der Waals surface area contributed by atoms with E-state index in [1.54, 1.807) is 31.1 Å². The first-order valence-electron chi connectivity index (χ1n) is 5.30. The van der Waals surface area contributed by atoms with E-state index in [4.69, 9.17) is 26.0 Å². The van der Waals surface area contributed by atoms with Gasteiger partial charge in [-0.05, 0) is 12.1 Å². The lowest BCUT2D eigenvalue weighted by Gasteiger charge is -2.26. The fourth-order valence-corrected chi connectivity index (χ4v) is 1.56. The van der Waals surface area contributed by atoms with Crippen LogP contribution >= 0.6 is 0 Å². The highest BCUT2D eigenvalue weighted by Crippen LogP contribution is 2.35. The minimum atomic E-state index is -0.187. The van der Waals surface area contributed by atoms with E-state index in [0.717, 1.165) is 5.69 Å². The monoisotopic (exact) mass is 249 g/mol. The summed E-state index contributed by atoms with van der Waals surface area (Å²) in [5.41, 5.74) is 6.10. The van der Waals surface area contributed by atoms with Gasteiger partial charge >= 0.3 is 0 Å². The first-order valence-corrected chi connectivity index (χ1v) is 5.30. The van der Waals surface area contributed by atoms with Crippen LogP contribution in [-0.2, 0) is 0 Å². The summed E-state index contributed by atoms with van der Waals surface area (Å²) in [6.45, 7) is 0.216. The Morgan fingerprint density at radius 1 is 1.22 bits per heavy atom. The van der Waals surface area contributed by atoms with Crippen LogP contribution in [0.2, 0.25) is 0 Å². The Balaban J connectivity index is 2.21. The molecule has 0 bridgehead atoms. The molecule has 0 radical (unpaired) electrons. The van der Waals surface area contributed by atoms with Crippen LogP contribution in [-0.4, -0.2) is 37.7 Å². The molecule has 0 saturated heterocycles. The van der Waals surface area contributed by atoms with E-state index in [1.165, 1.54) is 4.90 Å². The van der Waals surface area contributed by atoms with E-state index in [2.05, 4.69) is 0 Å². The number of hydrogen-bond donors (Lipinski definition) is 3. The summed E-state index contributed by atoms with van der Waals surface area (Å²) < 4.78 is 10.5. The number of nitrogens with two attached hydrogens (primary N) is 1. The molecule has 2 rings (SSSR count). The molecule has 0 atom stereocenters. The van der Waals surface area contributed by atoms with Crippen LogP contribution in [0.15, 0.2) is 18.2 Å². The van der Waals surface area contributed by atoms with Gasteiger partial charge < -0.3 is 20.1 Å². The zero-order valence-electron chi connectivity index (χ0n) is 10.2. The predicted octanol–water partition coefficient (Wildman–Crippen LogP) is 0.612. The molecule has 1 heterocycles. The van der Waals surface area contributed by atoms with Crippen molar-refractivity contribution < 1.29 is 9.47 Å². The Kier molecular flexibility index (Phi) is 2.97. The SMILES string of the molecule is CN(C(=N)N)C(=N)N(C)c1ccc2c(c1)OCO2. The predicted molar refractivity (Wildman–Crippen MR) is 68.4 cm³/mol. The quantitative estimate of drug-likeness (QED) is 0.500. The Hall–Kier alpha value is -2.44. The number of nitrogens with zero attached hydrogens (tertiary/aromatic N) is 2. The first-order chi connectivity index (χ1) is 8.50. The molecule has 0 saturated carbocycles. The number of hydrogen-bond acceptors (Lipinski definition) is 4. The molecule has 96 valence electrons. The number of benzene rings is 1. The van der Waals surface area contributed by atoms with Crippen molar-refractivity contribution in [2.24, 2.45) is 5.73 Å². The third-order valence-electron chi connectivity index (χ3n) is 2.74. The van der Waals surface area contributed by atoms with Crippen LogP contribution in [0.3, 0.4) is 0 Å². The van der Waals surface area contributed by atoms with Crippen molar-refractivity contribution in [1.29, 1.82) is 10.8 Å². The summed E-state index contributed by atoms with van der Waals surface area (Å²) in [4.78, 5) is 2.87. The van der Waals surface area contributed by atoms with Crippen molar-refractivity contribution in [3.63, 3.8) is 0 Å². The van der Waals surface area contributed by atoms with Gasteiger partial charge in [-0.15, -0.1) is 0 Å². The standard InChI is InChI=1S/C11H15N5O2/c1-15(11(14)16(2)10(12)13)7-3-4-8-9(5-7)18-6-17-8/h3-5,14H,6H2,1-2H3,(H3,12,13). The Morgan fingerprint density at radius 3 is 2.56 bits per heavy atom. The number of anilines is 1. The van der Waals surface area contributed by atoms with Crippen molar-refractivity contribution in [1.82, 2.24) is 4.90 Å². The average Bonchev–Trinajstić information content (AvgIpc) is 2.82. The molecule has 0 aromatic heterocycles. The first kappa shape index (κ1) is 12.0. The van der Waals surface area contributed by atoms with Gasteiger partial charge in [0.15, 0.2) is 17.5 Å². The lowest BCUT2D eigenvalue weighted by molar-refractivity contribution is 0.174. The third-order valence-corrected chi connectivity index (χ3v) is 2.74. The van der Waals surface area contributed by atoms with Gasteiger partial charge in [0.25, 0.3) is 0 Å². The van der Waals surface area contributed by atoms with Crippen LogP contribution in [0.25, 0.3) is 0 Å². The van der Waals surface area contributed by atoms with Gasteiger partial charge in [-0.2, -0.15) is 0 Å². The number of rotatable bonds is 1. The van der Waals surface area contributed by atoms with Crippen LogP contribution in [0.4, 0.5) is 5.69 Å².